The molecule has 1 aromatic carbocycles. The number of amides is 2. The summed E-state index contributed by atoms with van der Waals surface area (Å²) in [7, 11) is 1.74. The number of alkyl halides is 3. The van der Waals surface area contributed by atoms with Gasteiger partial charge in [0.05, 0.1) is 12.1 Å². The summed E-state index contributed by atoms with van der Waals surface area (Å²) in [6.45, 7) is 4.03. The number of ether oxygens (including phenoxy) is 1. The number of nitrogens with zero attached hydrogens (tertiary/aromatic N) is 3. The second-order valence-corrected chi connectivity index (χ2v) is 6.83. The van der Waals surface area contributed by atoms with Crippen LogP contribution < -0.4 is 10.5 Å². The van der Waals surface area contributed by atoms with E-state index in [4.69, 9.17) is 10.5 Å². The van der Waals surface area contributed by atoms with Crippen molar-refractivity contribution in [3.63, 3.8) is 0 Å². The lowest BCUT2D eigenvalue weighted by Crippen LogP contribution is -2.22. The van der Waals surface area contributed by atoms with Crippen LogP contribution in [-0.2, 0) is 17.5 Å². The number of fused-ring (bicyclic) bond motifs is 3. The van der Waals surface area contributed by atoms with Gasteiger partial charge in [-0.05, 0) is 32.0 Å². The lowest BCUT2D eigenvalue weighted by Gasteiger charge is -2.12. The monoisotopic (exact) mass is 478 g/mol. The Morgan fingerprint density at radius 2 is 2.09 bits per heavy atom. The molecule has 0 radical (unpaired) electrons. The third kappa shape index (κ3) is 7.02. The maximum atomic E-state index is 13.5. The summed E-state index contributed by atoms with van der Waals surface area (Å²) >= 11 is 0. The number of hydrogen-bond donors (Lipinski definition) is 2. The minimum Gasteiger partial charge on any atom is -0.491 e. The van der Waals surface area contributed by atoms with Crippen molar-refractivity contribution in [2.24, 2.45) is 5.73 Å². The number of halogens is 3. The molecule has 0 spiro atoms. The largest absolute Gasteiger partial charge is 0.491 e. The van der Waals surface area contributed by atoms with Gasteiger partial charge in [-0.3, -0.25) is 9.59 Å². The minimum absolute atomic E-state index is 0.0314. The van der Waals surface area contributed by atoms with E-state index in [1.165, 1.54) is 13.0 Å². The molecule has 1 aromatic heterocycles. The van der Waals surface area contributed by atoms with Gasteiger partial charge in [-0.1, -0.05) is 11.8 Å². The van der Waals surface area contributed by atoms with Crippen molar-refractivity contribution >= 4 is 12.3 Å². The third-order valence-electron chi connectivity index (χ3n) is 4.37. The van der Waals surface area contributed by atoms with Crippen molar-refractivity contribution in [2.45, 2.75) is 32.7 Å². The number of benzene rings is 1. The Morgan fingerprint density at radius 1 is 1.44 bits per heavy atom. The van der Waals surface area contributed by atoms with Gasteiger partial charge >= 0.3 is 6.18 Å². The lowest BCUT2D eigenvalue weighted by molar-refractivity contribution is -0.144. The normalized spacial score (nSPS) is 12.3. The number of rotatable bonds is 3. The highest BCUT2D eigenvalue weighted by atomic mass is 19.4. The molecule has 0 saturated heterocycles. The van der Waals surface area contributed by atoms with Gasteiger partial charge in [-0.15, -0.1) is 12.8 Å². The van der Waals surface area contributed by atoms with Crippen LogP contribution in [0.15, 0.2) is 18.2 Å². The van der Waals surface area contributed by atoms with Crippen molar-refractivity contribution in [2.75, 3.05) is 20.2 Å². The summed E-state index contributed by atoms with van der Waals surface area (Å²) < 4.78 is 46.8. The van der Waals surface area contributed by atoms with E-state index in [1.807, 2.05) is 6.92 Å². The smallest absolute Gasteiger partial charge is 0.433 e. The van der Waals surface area contributed by atoms with Crippen molar-refractivity contribution in [3.8, 4) is 41.8 Å². The van der Waals surface area contributed by atoms with Crippen molar-refractivity contribution in [1.82, 2.24) is 14.5 Å². The van der Waals surface area contributed by atoms with E-state index in [0.29, 0.717) is 11.3 Å². The second kappa shape index (κ2) is 12.3. The van der Waals surface area contributed by atoms with Gasteiger partial charge in [0.1, 0.15) is 24.3 Å². The van der Waals surface area contributed by atoms with Crippen LogP contribution in [-0.4, -0.2) is 58.2 Å². The molecule has 1 atom stereocenters. The first kappa shape index (κ1) is 28.1. The summed E-state index contributed by atoms with van der Waals surface area (Å²) in [5, 5.41) is 9.25. The topological polar surface area (TPSA) is 111 Å². The molecule has 0 unspecified atom stereocenters. The molecule has 2 aromatic rings. The SMILES string of the molecule is C#C.CCN(C)C=O.C[C@H](O)C#Cc1ccc2c(c1)-c1nc(C(N)=O)c(C(F)(F)F)n1CCO2. The molecule has 2 heterocycles. The van der Waals surface area contributed by atoms with E-state index in [9.17, 15) is 27.9 Å². The Hall–Kier alpha value is -3.96. The molecule has 182 valence electrons. The number of aromatic nitrogens is 2. The highest BCUT2D eigenvalue weighted by Crippen LogP contribution is 2.39. The molecular formula is C23H25F3N4O4. The van der Waals surface area contributed by atoms with Crippen LogP contribution in [0.2, 0.25) is 0 Å². The van der Waals surface area contributed by atoms with E-state index < -0.39 is 29.6 Å². The first-order chi connectivity index (χ1) is 16.0. The molecule has 3 N–H and O–H groups in total. The Bertz CT molecular complexity index is 1100. The zero-order valence-electron chi connectivity index (χ0n) is 18.9. The summed E-state index contributed by atoms with van der Waals surface area (Å²) in [6, 6.07) is 4.68. The zero-order valence-corrected chi connectivity index (χ0v) is 18.9. The van der Waals surface area contributed by atoms with E-state index in [2.05, 4.69) is 29.7 Å². The van der Waals surface area contributed by atoms with Gasteiger partial charge in [0.2, 0.25) is 6.41 Å². The number of carbonyl (C=O) groups is 2. The molecule has 11 heteroatoms. The number of imidazole rings is 1. The van der Waals surface area contributed by atoms with Gasteiger partial charge in [0.25, 0.3) is 5.91 Å². The number of terminal acetylenes is 1. The van der Waals surface area contributed by atoms with Crippen LogP contribution in [0.5, 0.6) is 5.75 Å². The number of hydrogen-bond acceptors (Lipinski definition) is 5. The summed E-state index contributed by atoms with van der Waals surface area (Å²) in [5.41, 5.74) is 3.79. The second-order valence-electron chi connectivity index (χ2n) is 6.83. The van der Waals surface area contributed by atoms with Gasteiger partial charge < -0.3 is 25.0 Å². The average molecular weight is 478 g/mol. The molecule has 3 rings (SSSR count). The Balaban J connectivity index is 0.000000631. The molecule has 1 aliphatic heterocycles. The number of primary amides is 1. The first-order valence-corrected chi connectivity index (χ1v) is 9.92. The van der Waals surface area contributed by atoms with Crippen molar-refractivity contribution in [1.29, 1.82) is 0 Å². The number of aliphatic hydroxyl groups is 1. The van der Waals surface area contributed by atoms with Crippen LogP contribution in [0.3, 0.4) is 0 Å². The lowest BCUT2D eigenvalue weighted by atomic mass is 10.1. The molecule has 8 nitrogen and oxygen atoms in total. The van der Waals surface area contributed by atoms with Crippen LogP contribution in [0.4, 0.5) is 13.2 Å². The predicted molar refractivity (Wildman–Crippen MR) is 119 cm³/mol. The maximum Gasteiger partial charge on any atom is 0.433 e. The Morgan fingerprint density at radius 3 is 2.56 bits per heavy atom. The molecule has 2 amide bonds. The summed E-state index contributed by atoms with van der Waals surface area (Å²) in [4.78, 5) is 26.6. The van der Waals surface area contributed by atoms with E-state index in [0.717, 1.165) is 17.5 Å². The van der Waals surface area contributed by atoms with Crippen molar-refractivity contribution in [3.05, 3.63) is 35.2 Å². The number of aliphatic hydroxyl groups excluding tert-OH is 1. The third-order valence-corrected chi connectivity index (χ3v) is 4.37. The maximum absolute atomic E-state index is 13.5. The standard InChI is InChI=1S/C17H14F3N3O3.C4H9NO.C2H2/c1-9(24)2-3-10-4-5-12-11(8-10)16-22-13(15(21)25)14(17(18,19)20)23(16)6-7-26-12;1-3-5(2)4-6;1-2/h4-5,8-9,24H,6-7H2,1H3,(H2,21,25);4H,3H2,1-2H3;1-2H/t9-;;/m0../s1. The fourth-order valence-corrected chi connectivity index (χ4v) is 2.75. The fraction of sp³-hybridized carbons (Fsp3) is 0.348. The molecule has 0 saturated carbocycles. The average Bonchev–Trinajstić information content (AvgIpc) is 3.11. The summed E-state index contributed by atoms with van der Waals surface area (Å²) in [5.74, 6) is 4.26. The van der Waals surface area contributed by atoms with E-state index >= 15 is 0 Å². The zero-order chi connectivity index (χ0) is 26.1. The molecular weight excluding hydrogens is 453 g/mol. The highest BCUT2D eigenvalue weighted by molar-refractivity contribution is 5.93. The highest BCUT2D eigenvalue weighted by Gasteiger charge is 2.42. The van der Waals surface area contributed by atoms with E-state index in [1.54, 1.807) is 24.1 Å². The summed E-state index contributed by atoms with van der Waals surface area (Å²) in [6.07, 6.45) is 3.15. The van der Waals surface area contributed by atoms with Gasteiger partial charge in [0.15, 0.2) is 11.4 Å². The van der Waals surface area contributed by atoms with Crippen LogP contribution in [0.25, 0.3) is 11.4 Å². The van der Waals surface area contributed by atoms with Gasteiger partial charge in [0, 0.05) is 19.2 Å². The molecule has 0 bridgehead atoms. The Labute approximate surface area is 195 Å². The van der Waals surface area contributed by atoms with Crippen LogP contribution >= 0.6 is 0 Å². The minimum atomic E-state index is -4.80. The van der Waals surface area contributed by atoms with Crippen molar-refractivity contribution < 1.29 is 32.6 Å². The number of carbonyl (C=O) groups excluding carboxylic acids is 2. The molecule has 0 fully saturated rings. The van der Waals surface area contributed by atoms with Crippen LogP contribution in [0, 0.1) is 24.7 Å². The first-order valence-electron chi connectivity index (χ1n) is 9.92. The predicted octanol–water partition coefficient (Wildman–Crippen LogP) is 2.14. The van der Waals surface area contributed by atoms with E-state index in [-0.39, 0.29) is 24.5 Å². The Kier molecular flexibility index (Phi) is 10.2. The van der Waals surface area contributed by atoms with Crippen LogP contribution in [0.1, 0.15) is 35.6 Å². The quantitative estimate of drug-likeness (QED) is 0.519. The van der Waals surface area contributed by atoms with Gasteiger partial charge in [-0.25, -0.2) is 4.98 Å². The molecule has 1 aliphatic rings. The van der Waals surface area contributed by atoms with Gasteiger partial charge in [-0.2, -0.15) is 13.2 Å². The fourth-order valence-electron chi connectivity index (χ4n) is 2.75. The molecule has 0 aliphatic carbocycles. The number of nitrogens with two attached hydrogens (primary N) is 1. The molecule has 34 heavy (non-hydrogen) atoms.